The first-order valence-electron chi connectivity index (χ1n) is 4.01. The molecule has 0 aliphatic carbocycles. The van der Waals surface area contributed by atoms with Crippen molar-refractivity contribution in [2.24, 2.45) is 5.73 Å². The molecule has 0 amide bonds. The van der Waals surface area contributed by atoms with Crippen LogP contribution in [0.25, 0.3) is 11.6 Å². The van der Waals surface area contributed by atoms with Crippen molar-refractivity contribution in [3.8, 4) is 11.6 Å². The van der Waals surface area contributed by atoms with Crippen LogP contribution in [0.2, 0.25) is 0 Å². The summed E-state index contributed by atoms with van der Waals surface area (Å²) in [4.78, 5) is 4.08. The van der Waals surface area contributed by atoms with Gasteiger partial charge in [0.2, 0.25) is 11.7 Å². The van der Waals surface area contributed by atoms with E-state index >= 15 is 0 Å². The molecular weight excluding hydrogens is 285 g/mol. The zero-order valence-electron chi connectivity index (χ0n) is 7.81. The first-order valence-corrected chi connectivity index (χ1v) is 4.81. The van der Waals surface area contributed by atoms with Gasteiger partial charge in [-0.2, -0.15) is 4.98 Å². The Labute approximate surface area is 101 Å². The van der Waals surface area contributed by atoms with E-state index in [-0.39, 0.29) is 18.4 Å². The summed E-state index contributed by atoms with van der Waals surface area (Å²) in [5.74, 6) is 1.35. The summed E-state index contributed by atoms with van der Waals surface area (Å²) in [7, 11) is 0. The van der Waals surface area contributed by atoms with Gasteiger partial charge in [0.25, 0.3) is 0 Å². The Kier molecular flexibility index (Phi) is 3.90. The summed E-state index contributed by atoms with van der Waals surface area (Å²) in [5.41, 5.74) is 5.57. The molecule has 7 heteroatoms. The lowest BCUT2D eigenvalue weighted by Crippen LogP contribution is -2.04. The van der Waals surface area contributed by atoms with Crippen LogP contribution in [0.5, 0.6) is 0 Å². The van der Waals surface area contributed by atoms with Gasteiger partial charge in [-0.25, -0.2) is 0 Å². The van der Waals surface area contributed by atoms with Crippen LogP contribution in [-0.4, -0.2) is 10.1 Å². The fourth-order valence-electron chi connectivity index (χ4n) is 0.955. The van der Waals surface area contributed by atoms with Crippen LogP contribution >= 0.6 is 28.3 Å². The third-order valence-electron chi connectivity index (χ3n) is 1.62. The minimum atomic E-state index is -0.269. The lowest BCUT2D eigenvalue weighted by Gasteiger charge is -1.92. The van der Waals surface area contributed by atoms with E-state index in [1.807, 2.05) is 0 Å². The molecule has 0 saturated carbocycles. The van der Waals surface area contributed by atoms with Gasteiger partial charge in [-0.1, -0.05) is 5.16 Å². The molecule has 0 aromatic carbocycles. The van der Waals surface area contributed by atoms with E-state index in [1.54, 1.807) is 19.1 Å². The van der Waals surface area contributed by atoms with E-state index in [2.05, 4.69) is 26.1 Å². The van der Waals surface area contributed by atoms with E-state index in [0.29, 0.717) is 22.1 Å². The molecule has 1 unspecified atom stereocenters. The number of aromatic nitrogens is 2. The molecule has 0 radical (unpaired) electrons. The van der Waals surface area contributed by atoms with Gasteiger partial charge in [0.05, 0.1) is 6.04 Å². The number of nitrogens with two attached hydrogens (primary N) is 1. The van der Waals surface area contributed by atoms with Crippen LogP contribution in [0.1, 0.15) is 18.9 Å². The van der Waals surface area contributed by atoms with Crippen LogP contribution in [0, 0.1) is 0 Å². The van der Waals surface area contributed by atoms with Crippen LogP contribution in [0.4, 0.5) is 0 Å². The minimum Gasteiger partial charge on any atom is -0.446 e. The van der Waals surface area contributed by atoms with Gasteiger partial charge in [0, 0.05) is 0 Å². The zero-order valence-corrected chi connectivity index (χ0v) is 10.2. The summed E-state index contributed by atoms with van der Waals surface area (Å²) in [5, 5.41) is 3.74. The lowest BCUT2D eigenvalue weighted by molar-refractivity contribution is 0.361. The molecule has 1 atom stereocenters. The highest BCUT2D eigenvalue weighted by atomic mass is 79.9. The zero-order chi connectivity index (χ0) is 10.1. The SMILES string of the molecule is CC(N)c1nc(-c2ccc(Br)o2)no1.Cl. The molecular formula is C8H9BrClN3O2. The van der Waals surface area contributed by atoms with Crippen LogP contribution < -0.4 is 5.73 Å². The maximum absolute atomic E-state index is 5.57. The predicted molar refractivity (Wildman–Crippen MR) is 59.6 cm³/mol. The number of rotatable bonds is 2. The molecule has 0 saturated heterocycles. The number of halogens is 2. The fourth-order valence-corrected chi connectivity index (χ4v) is 1.26. The van der Waals surface area contributed by atoms with Crippen molar-refractivity contribution in [1.82, 2.24) is 10.1 Å². The Balaban J connectivity index is 0.00000112. The summed E-state index contributed by atoms with van der Waals surface area (Å²) >= 11 is 3.19. The maximum Gasteiger partial charge on any atom is 0.243 e. The number of nitrogens with zero attached hydrogens (tertiary/aromatic N) is 2. The molecule has 2 aromatic rings. The summed E-state index contributed by atoms with van der Waals surface area (Å²) in [6, 6.07) is 3.24. The van der Waals surface area contributed by atoms with Crippen molar-refractivity contribution >= 4 is 28.3 Å². The van der Waals surface area contributed by atoms with Gasteiger partial charge in [-0.3, -0.25) is 0 Å². The molecule has 5 nitrogen and oxygen atoms in total. The Morgan fingerprint density at radius 3 is 2.67 bits per heavy atom. The fraction of sp³-hybridized carbons (Fsp3) is 0.250. The van der Waals surface area contributed by atoms with Gasteiger partial charge in [0.1, 0.15) is 0 Å². The highest BCUT2D eigenvalue weighted by molar-refractivity contribution is 9.10. The van der Waals surface area contributed by atoms with E-state index in [1.165, 1.54) is 0 Å². The summed E-state index contributed by atoms with van der Waals surface area (Å²) in [6.07, 6.45) is 0. The Morgan fingerprint density at radius 2 is 2.20 bits per heavy atom. The highest BCUT2D eigenvalue weighted by Crippen LogP contribution is 2.23. The van der Waals surface area contributed by atoms with E-state index in [0.717, 1.165) is 0 Å². The van der Waals surface area contributed by atoms with E-state index in [9.17, 15) is 0 Å². The highest BCUT2D eigenvalue weighted by Gasteiger charge is 2.13. The lowest BCUT2D eigenvalue weighted by atomic mass is 10.4. The topological polar surface area (TPSA) is 78.1 Å². The van der Waals surface area contributed by atoms with Gasteiger partial charge in [-0.05, 0) is 35.0 Å². The smallest absolute Gasteiger partial charge is 0.243 e. The van der Waals surface area contributed by atoms with Crippen molar-refractivity contribution in [1.29, 1.82) is 0 Å². The average molecular weight is 295 g/mol. The van der Waals surface area contributed by atoms with Crippen LogP contribution in [0.3, 0.4) is 0 Å². The van der Waals surface area contributed by atoms with Crippen molar-refractivity contribution < 1.29 is 8.94 Å². The largest absolute Gasteiger partial charge is 0.446 e. The molecule has 0 fully saturated rings. The van der Waals surface area contributed by atoms with Crippen molar-refractivity contribution in [2.45, 2.75) is 13.0 Å². The average Bonchev–Trinajstić information content (AvgIpc) is 2.70. The third-order valence-corrected chi connectivity index (χ3v) is 2.05. The molecule has 15 heavy (non-hydrogen) atoms. The molecule has 2 rings (SSSR count). The first kappa shape index (κ1) is 12.2. The maximum atomic E-state index is 5.57. The second-order valence-electron chi connectivity index (χ2n) is 2.85. The predicted octanol–water partition coefficient (Wildman–Crippen LogP) is 2.53. The van der Waals surface area contributed by atoms with Crippen LogP contribution in [0.15, 0.2) is 25.7 Å². The monoisotopic (exact) mass is 293 g/mol. The van der Waals surface area contributed by atoms with Gasteiger partial charge < -0.3 is 14.7 Å². The Bertz CT molecular complexity index is 441. The van der Waals surface area contributed by atoms with Crippen molar-refractivity contribution in [3.05, 3.63) is 22.7 Å². The number of hydrogen-bond donors (Lipinski definition) is 1. The van der Waals surface area contributed by atoms with Crippen LogP contribution in [-0.2, 0) is 0 Å². The summed E-state index contributed by atoms with van der Waals surface area (Å²) in [6.45, 7) is 1.77. The molecule has 2 N–H and O–H groups in total. The van der Waals surface area contributed by atoms with Gasteiger partial charge in [0.15, 0.2) is 10.4 Å². The molecule has 2 heterocycles. The Morgan fingerprint density at radius 1 is 1.47 bits per heavy atom. The van der Waals surface area contributed by atoms with Gasteiger partial charge in [-0.15, -0.1) is 12.4 Å². The van der Waals surface area contributed by atoms with E-state index < -0.39 is 0 Å². The first-order chi connectivity index (χ1) is 6.66. The third kappa shape index (κ3) is 2.58. The molecule has 0 aliphatic rings. The molecule has 0 aliphatic heterocycles. The second-order valence-corrected chi connectivity index (χ2v) is 3.63. The van der Waals surface area contributed by atoms with E-state index in [4.69, 9.17) is 14.7 Å². The normalized spacial score (nSPS) is 12.2. The number of hydrogen-bond acceptors (Lipinski definition) is 5. The quantitative estimate of drug-likeness (QED) is 0.921. The molecule has 2 aromatic heterocycles. The number of furan rings is 1. The van der Waals surface area contributed by atoms with Gasteiger partial charge >= 0.3 is 0 Å². The molecule has 0 spiro atoms. The summed E-state index contributed by atoms with van der Waals surface area (Å²) < 4.78 is 10.8. The minimum absolute atomic E-state index is 0. The molecule has 0 bridgehead atoms. The Hall–Kier alpha value is -0.850. The van der Waals surface area contributed by atoms with Crippen molar-refractivity contribution in [3.63, 3.8) is 0 Å². The molecule has 82 valence electrons. The standard InChI is InChI=1S/C8H8BrN3O2.ClH/c1-4(10)8-11-7(12-14-8)5-2-3-6(9)13-5;/h2-4H,10H2,1H3;1H. The second kappa shape index (κ2) is 4.78. The van der Waals surface area contributed by atoms with Crippen molar-refractivity contribution in [2.75, 3.05) is 0 Å².